The molecule has 4 rings (SSSR count). The summed E-state index contributed by atoms with van der Waals surface area (Å²) in [5, 5.41) is 14.4. The van der Waals surface area contributed by atoms with Crippen molar-refractivity contribution in [3.05, 3.63) is 59.7 Å². The number of fused-ring (bicyclic) bond motifs is 3. The van der Waals surface area contributed by atoms with Crippen molar-refractivity contribution in [2.75, 3.05) is 26.4 Å². The molecular formula is C26H26N2O6. The third-order valence-electron chi connectivity index (χ3n) is 6.18. The van der Waals surface area contributed by atoms with Crippen LogP contribution < -0.4 is 10.6 Å². The van der Waals surface area contributed by atoms with Gasteiger partial charge in [-0.1, -0.05) is 54.5 Å². The van der Waals surface area contributed by atoms with Crippen molar-refractivity contribution in [1.29, 1.82) is 0 Å². The van der Waals surface area contributed by atoms with E-state index < -0.39 is 23.5 Å². The normalized spacial score (nSPS) is 15.8. The van der Waals surface area contributed by atoms with Crippen molar-refractivity contribution in [2.24, 2.45) is 0 Å². The second-order valence-electron chi connectivity index (χ2n) is 8.40. The van der Waals surface area contributed by atoms with Gasteiger partial charge in [0.25, 0.3) is 5.91 Å². The van der Waals surface area contributed by atoms with E-state index in [1.165, 1.54) is 0 Å². The van der Waals surface area contributed by atoms with Gasteiger partial charge in [0.15, 0.2) is 0 Å². The van der Waals surface area contributed by atoms with Gasteiger partial charge < -0.3 is 25.2 Å². The molecule has 0 aromatic heterocycles. The van der Waals surface area contributed by atoms with Crippen LogP contribution in [0.2, 0.25) is 0 Å². The first kappa shape index (κ1) is 23.3. The second-order valence-corrected chi connectivity index (χ2v) is 8.40. The number of benzene rings is 2. The Morgan fingerprint density at radius 1 is 1.03 bits per heavy atom. The average Bonchev–Trinajstić information content (AvgIpc) is 3.14. The van der Waals surface area contributed by atoms with Crippen molar-refractivity contribution in [1.82, 2.24) is 10.6 Å². The summed E-state index contributed by atoms with van der Waals surface area (Å²) in [5.74, 6) is 3.36. The summed E-state index contributed by atoms with van der Waals surface area (Å²) in [4.78, 5) is 35.6. The molecule has 3 N–H and O–H groups in total. The monoisotopic (exact) mass is 462 g/mol. The van der Waals surface area contributed by atoms with Crippen LogP contribution in [0, 0.1) is 11.8 Å². The zero-order chi connectivity index (χ0) is 24.0. The van der Waals surface area contributed by atoms with Crippen LogP contribution in [-0.2, 0) is 19.1 Å². The Kier molecular flexibility index (Phi) is 7.14. The number of carboxylic acids is 1. The SMILES string of the molecule is O=C(O)CC1(NC(=O)C#CCNC(=O)OCC2c3ccccc3-c3ccccc32)CCOCC1. The van der Waals surface area contributed by atoms with Gasteiger partial charge in [-0.05, 0) is 41.0 Å². The first-order chi connectivity index (χ1) is 16.5. The topological polar surface area (TPSA) is 114 Å². The highest BCUT2D eigenvalue weighted by atomic mass is 16.5. The van der Waals surface area contributed by atoms with Gasteiger partial charge in [-0.15, -0.1) is 0 Å². The average molecular weight is 463 g/mol. The molecule has 0 saturated carbocycles. The maximum atomic E-state index is 12.2. The molecule has 0 unspecified atom stereocenters. The van der Waals surface area contributed by atoms with Gasteiger partial charge in [0.1, 0.15) is 6.61 Å². The quantitative estimate of drug-likeness (QED) is 0.569. The lowest BCUT2D eigenvalue weighted by atomic mass is 9.86. The van der Waals surface area contributed by atoms with Crippen molar-refractivity contribution in [3.8, 4) is 23.0 Å². The number of ether oxygens (including phenoxy) is 2. The van der Waals surface area contributed by atoms with E-state index >= 15 is 0 Å². The minimum atomic E-state index is -0.993. The zero-order valence-corrected chi connectivity index (χ0v) is 18.6. The van der Waals surface area contributed by atoms with Crippen molar-refractivity contribution in [2.45, 2.75) is 30.7 Å². The molecule has 0 bridgehead atoms. The molecule has 8 nitrogen and oxygen atoms in total. The number of amides is 2. The number of hydrogen-bond acceptors (Lipinski definition) is 5. The number of carbonyl (C=O) groups excluding carboxylic acids is 2. The van der Waals surface area contributed by atoms with Crippen LogP contribution in [0.1, 0.15) is 36.3 Å². The molecule has 0 atom stereocenters. The summed E-state index contributed by atoms with van der Waals surface area (Å²) in [6.45, 7) is 0.876. The molecule has 1 aliphatic carbocycles. The third kappa shape index (κ3) is 5.38. The van der Waals surface area contributed by atoms with E-state index in [4.69, 9.17) is 14.6 Å². The number of carboxylic acid groups (broad SMARTS) is 1. The molecule has 0 spiro atoms. The van der Waals surface area contributed by atoms with Crippen LogP contribution in [-0.4, -0.2) is 55.0 Å². The first-order valence-corrected chi connectivity index (χ1v) is 11.2. The summed E-state index contributed by atoms with van der Waals surface area (Å²) in [6.07, 6.45) is 0.000341. The minimum absolute atomic E-state index is 0.0418. The van der Waals surface area contributed by atoms with E-state index in [9.17, 15) is 14.4 Å². The summed E-state index contributed by atoms with van der Waals surface area (Å²) >= 11 is 0. The van der Waals surface area contributed by atoms with Crippen LogP contribution >= 0.6 is 0 Å². The van der Waals surface area contributed by atoms with Gasteiger partial charge in [0.2, 0.25) is 0 Å². The second kappa shape index (κ2) is 10.4. The Balaban J connectivity index is 1.27. The fraction of sp³-hybridized carbons (Fsp3) is 0.346. The predicted molar refractivity (Wildman–Crippen MR) is 124 cm³/mol. The Morgan fingerprint density at radius 2 is 1.65 bits per heavy atom. The Bertz CT molecular complexity index is 1100. The van der Waals surface area contributed by atoms with E-state index in [1.807, 2.05) is 36.4 Å². The van der Waals surface area contributed by atoms with Crippen LogP contribution in [0.15, 0.2) is 48.5 Å². The maximum Gasteiger partial charge on any atom is 0.407 e. The molecule has 34 heavy (non-hydrogen) atoms. The van der Waals surface area contributed by atoms with E-state index in [2.05, 4.69) is 34.6 Å². The molecule has 2 aromatic carbocycles. The van der Waals surface area contributed by atoms with E-state index in [0.717, 1.165) is 22.3 Å². The lowest BCUT2D eigenvalue weighted by molar-refractivity contribution is -0.140. The highest BCUT2D eigenvalue weighted by Crippen LogP contribution is 2.44. The van der Waals surface area contributed by atoms with Gasteiger partial charge in [0, 0.05) is 19.1 Å². The molecular weight excluding hydrogens is 436 g/mol. The Hall–Kier alpha value is -3.83. The molecule has 1 aliphatic heterocycles. The summed E-state index contributed by atoms with van der Waals surface area (Å²) in [7, 11) is 0. The van der Waals surface area contributed by atoms with Crippen LogP contribution in [0.4, 0.5) is 4.79 Å². The van der Waals surface area contributed by atoms with Crippen LogP contribution in [0.5, 0.6) is 0 Å². The summed E-state index contributed by atoms with van der Waals surface area (Å²) < 4.78 is 10.7. The predicted octanol–water partition coefficient (Wildman–Crippen LogP) is 2.67. The standard InChI is InChI=1S/C26H26N2O6/c29-23(28-26(16-24(30)31)11-14-33-15-12-26)10-5-13-27-25(32)34-17-22-20-8-3-1-6-18(20)19-7-2-4-9-21(19)22/h1-4,6-9,22H,11-17H2,(H,27,32)(H,28,29)(H,30,31). The van der Waals surface area contributed by atoms with Gasteiger partial charge in [0.05, 0.1) is 18.5 Å². The molecule has 2 amide bonds. The summed E-state index contributed by atoms with van der Waals surface area (Å²) in [6, 6.07) is 16.1. The Labute approximate surface area is 197 Å². The smallest absolute Gasteiger partial charge is 0.407 e. The Morgan fingerprint density at radius 3 is 2.26 bits per heavy atom. The van der Waals surface area contributed by atoms with Gasteiger partial charge in [-0.3, -0.25) is 9.59 Å². The fourth-order valence-electron chi connectivity index (χ4n) is 4.56. The molecule has 2 aliphatic rings. The summed E-state index contributed by atoms with van der Waals surface area (Å²) in [5.41, 5.74) is 3.67. The molecule has 176 valence electrons. The zero-order valence-electron chi connectivity index (χ0n) is 18.6. The number of rotatable bonds is 6. The molecule has 1 saturated heterocycles. The highest BCUT2D eigenvalue weighted by Gasteiger charge is 2.36. The third-order valence-corrected chi connectivity index (χ3v) is 6.18. The van der Waals surface area contributed by atoms with Crippen molar-refractivity contribution in [3.63, 3.8) is 0 Å². The lowest BCUT2D eigenvalue weighted by Crippen LogP contribution is -2.53. The minimum Gasteiger partial charge on any atom is -0.481 e. The van der Waals surface area contributed by atoms with E-state index in [1.54, 1.807) is 0 Å². The lowest BCUT2D eigenvalue weighted by Gasteiger charge is -2.36. The van der Waals surface area contributed by atoms with Crippen molar-refractivity contribution < 1.29 is 29.0 Å². The van der Waals surface area contributed by atoms with Crippen molar-refractivity contribution >= 4 is 18.0 Å². The van der Waals surface area contributed by atoms with Gasteiger partial charge in [-0.2, -0.15) is 0 Å². The van der Waals surface area contributed by atoms with E-state index in [0.29, 0.717) is 26.1 Å². The molecule has 2 aromatic rings. The molecule has 0 radical (unpaired) electrons. The number of alkyl carbamates (subject to hydrolysis) is 1. The largest absolute Gasteiger partial charge is 0.481 e. The van der Waals surface area contributed by atoms with E-state index in [-0.39, 0.29) is 25.5 Å². The van der Waals surface area contributed by atoms with Crippen LogP contribution in [0.3, 0.4) is 0 Å². The molecule has 1 heterocycles. The number of carbonyl (C=O) groups is 3. The van der Waals surface area contributed by atoms with Crippen LogP contribution in [0.25, 0.3) is 11.1 Å². The highest BCUT2D eigenvalue weighted by molar-refractivity contribution is 5.94. The molecule has 8 heteroatoms. The number of nitrogens with one attached hydrogen (secondary N) is 2. The number of aliphatic carboxylic acids is 1. The first-order valence-electron chi connectivity index (χ1n) is 11.2. The fourth-order valence-corrected chi connectivity index (χ4v) is 4.56. The number of hydrogen-bond donors (Lipinski definition) is 3. The van der Waals surface area contributed by atoms with Gasteiger partial charge in [-0.25, -0.2) is 4.79 Å². The molecule has 1 fully saturated rings. The maximum absolute atomic E-state index is 12.2. The van der Waals surface area contributed by atoms with Gasteiger partial charge >= 0.3 is 12.1 Å².